The Morgan fingerprint density at radius 2 is 2.03 bits per heavy atom. The van der Waals surface area contributed by atoms with Gasteiger partial charge in [-0.1, -0.05) is 17.7 Å². The van der Waals surface area contributed by atoms with Crippen LogP contribution in [-0.4, -0.2) is 52.5 Å². The van der Waals surface area contributed by atoms with E-state index >= 15 is 0 Å². The highest BCUT2D eigenvalue weighted by Crippen LogP contribution is 2.22. The number of ether oxygens (including phenoxy) is 1. The van der Waals surface area contributed by atoms with Gasteiger partial charge in [-0.25, -0.2) is 9.97 Å². The molecule has 2 heterocycles. The van der Waals surface area contributed by atoms with Crippen molar-refractivity contribution in [2.45, 2.75) is 20.1 Å². The summed E-state index contributed by atoms with van der Waals surface area (Å²) in [6, 6.07) is 5.07. The molecule has 0 spiro atoms. The zero-order chi connectivity index (χ0) is 21.5. The lowest BCUT2D eigenvalue weighted by Crippen LogP contribution is -2.39. The summed E-state index contributed by atoms with van der Waals surface area (Å²) in [6.45, 7) is 0.439. The number of halogens is 3. The monoisotopic (exact) mass is 546 g/mol. The Morgan fingerprint density at radius 1 is 1.23 bits per heavy atom. The smallest absolute Gasteiger partial charge is 0.387 e. The molecule has 0 saturated carbocycles. The molecule has 0 fully saturated rings. The van der Waals surface area contributed by atoms with Gasteiger partial charge in [-0.05, 0) is 13.0 Å². The average Bonchev–Trinajstić information content (AvgIpc) is 3.10. The van der Waals surface area contributed by atoms with E-state index in [1.807, 2.05) is 14.0 Å². The second-order valence-electron chi connectivity index (χ2n) is 6.50. The van der Waals surface area contributed by atoms with Crippen LogP contribution in [0.4, 0.5) is 14.6 Å². The van der Waals surface area contributed by atoms with Gasteiger partial charge in [-0.15, -0.1) is 24.0 Å². The van der Waals surface area contributed by atoms with Crippen molar-refractivity contribution in [2.24, 2.45) is 12.0 Å². The minimum atomic E-state index is -2.87. The molecule has 0 amide bonds. The third kappa shape index (κ3) is 6.60. The lowest BCUT2D eigenvalue weighted by atomic mass is 10.1. The van der Waals surface area contributed by atoms with E-state index in [0.717, 1.165) is 16.6 Å². The SMILES string of the molecule is CN=C(NCCNc1ncnc2c1cnn2C)NCc1cc(C)ccc1OC(F)F.I. The van der Waals surface area contributed by atoms with Gasteiger partial charge in [0.15, 0.2) is 11.6 Å². The molecule has 0 aliphatic rings. The Hall–Kier alpha value is -2.77. The van der Waals surface area contributed by atoms with Crippen molar-refractivity contribution in [2.75, 3.05) is 25.5 Å². The number of hydrogen-bond donors (Lipinski definition) is 3. The predicted octanol–water partition coefficient (Wildman–Crippen LogP) is 2.67. The molecule has 31 heavy (non-hydrogen) atoms. The van der Waals surface area contributed by atoms with Gasteiger partial charge >= 0.3 is 6.61 Å². The quantitative estimate of drug-likeness (QED) is 0.173. The second kappa shape index (κ2) is 11.6. The molecule has 0 unspecified atom stereocenters. The van der Waals surface area contributed by atoms with Crippen LogP contribution < -0.4 is 20.7 Å². The van der Waals surface area contributed by atoms with E-state index < -0.39 is 6.61 Å². The summed E-state index contributed by atoms with van der Waals surface area (Å²) in [5.74, 6) is 1.38. The number of guanidine groups is 1. The molecule has 0 saturated heterocycles. The molecule has 0 aliphatic heterocycles. The highest BCUT2D eigenvalue weighted by Gasteiger charge is 2.11. The fourth-order valence-corrected chi connectivity index (χ4v) is 2.92. The Bertz CT molecular complexity index is 1030. The van der Waals surface area contributed by atoms with Gasteiger partial charge in [0.05, 0.1) is 11.6 Å². The molecule has 0 atom stereocenters. The third-order valence-corrected chi connectivity index (χ3v) is 4.34. The number of benzene rings is 1. The third-order valence-electron chi connectivity index (χ3n) is 4.34. The zero-order valence-electron chi connectivity index (χ0n) is 17.4. The predicted molar refractivity (Wildman–Crippen MR) is 126 cm³/mol. The number of aryl methyl sites for hydroxylation is 2. The molecular weight excluding hydrogens is 521 g/mol. The standard InChI is InChI=1S/C19H24F2N8O.HI/c1-12-4-5-15(30-18(20)21)13(8-12)9-25-19(22-2)24-7-6-23-16-14-10-28-29(3)17(14)27-11-26-16;/h4-5,8,10-11,18H,6-7,9H2,1-3H3,(H2,22,24,25)(H,23,26,27);1H. The normalized spacial score (nSPS) is 11.4. The molecule has 0 bridgehead atoms. The van der Waals surface area contributed by atoms with Gasteiger partial charge in [0.1, 0.15) is 17.9 Å². The van der Waals surface area contributed by atoms with Gasteiger partial charge in [-0.2, -0.15) is 13.9 Å². The highest BCUT2D eigenvalue weighted by atomic mass is 127. The van der Waals surface area contributed by atoms with E-state index in [9.17, 15) is 8.78 Å². The maximum absolute atomic E-state index is 12.6. The highest BCUT2D eigenvalue weighted by molar-refractivity contribution is 14.0. The Labute approximate surface area is 195 Å². The van der Waals surface area contributed by atoms with Crippen LogP contribution in [0.5, 0.6) is 5.75 Å². The number of fused-ring (bicyclic) bond motifs is 1. The molecule has 168 valence electrons. The van der Waals surface area contributed by atoms with Crippen LogP contribution in [0.15, 0.2) is 35.7 Å². The number of nitrogens with one attached hydrogen (secondary N) is 3. The van der Waals surface area contributed by atoms with E-state index in [2.05, 4.69) is 40.7 Å². The Balaban J connectivity index is 0.00000341. The van der Waals surface area contributed by atoms with Gasteiger partial charge in [-0.3, -0.25) is 9.67 Å². The molecule has 2 aromatic heterocycles. The Kier molecular flexibility index (Phi) is 9.15. The van der Waals surface area contributed by atoms with Crippen LogP contribution in [0.2, 0.25) is 0 Å². The first-order chi connectivity index (χ1) is 14.5. The van der Waals surface area contributed by atoms with Crippen LogP contribution in [0.3, 0.4) is 0 Å². The molecule has 3 rings (SSSR count). The summed E-state index contributed by atoms with van der Waals surface area (Å²) in [5, 5.41) is 14.5. The van der Waals surface area contributed by atoms with Crippen LogP contribution in [0.1, 0.15) is 11.1 Å². The first-order valence-electron chi connectivity index (χ1n) is 9.33. The molecule has 3 aromatic rings. The van der Waals surface area contributed by atoms with E-state index in [4.69, 9.17) is 0 Å². The van der Waals surface area contributed by atoms with Crippen molar-refractivity contribution in [3.05, 3.63) is 41.9 Å². The van der Waals surface area contributed by atoms with Crippen LogP contribution in [0.25, 0.3) is 11.0 Å². The number of rotatable bonds is 8. The molecule has 3 N–H and O–H groups in total. The van der Waals surface area contributed by atoms with Crippen molar-refractivity contribution >= 4 is 46.8 Å². The van der Waals surface area contributed by atoms with Crippen molar-refractivity contribution in [3.63, 3.8) is 0 Å². The average molecular weight is 546 g/mol. The topological polar surface area (TPSA) is 101 Å². The van der Waals surface area contributed by atoms with Gasteiger partial charge in [0.25, 0.3) is 0 Å². The van der Waals surface area contributed by atoms with E-state index in [-0.39, 0.29) is 29.7 Å². The number of nitrogens with zero attached hydrogens (tertiary/aromatic N) is 5. The van der Waals surface area contributed by atoms with Crippen LogP contribution in [0, 0.1) is 6.92 Å². The maximum Gasteiger partial charge on any atom is 0.387 e. The summed E-state index contributed by atoms with van der Waals surface area (Å²) in [4.78, 5) is 12.6. The van der Waals surface area contributed by atoms with Gasteiger partial charge < -0.3 is 20.7 Å². The van der Waals surface area contributed by atoms with E-state index in [1.54, 1.807) is 36.1 Å². The van der Waals surface area contributed by atoms with Crippen molar-refractivity contribution in [1.82, 2.24) is 30.4 Å². The largest absolute Gasteiger partial charge is 0.434 e. The summed E-state index contributed by atoms with van der Waals surface area (Å²) >= 11 is 0. The number of aromatic nitrogens is 4. The minimum absolute atomic E-state index is 0. The second-order valence-corrected chi connectivity index (χ2v) is 6.50. The summed E-state index contributed by atoms with van der Waals surface area (Å²) in [7, 11) is 3.46. The van der Waals surface area contributed by atoms with E-state index in [0.29, 0.717) is 37.0 Å². The Morgan fingerprint density at radius 3 is 2.77 bits per heavy atom. The molecular formula is C19H25F2IN8O. The lowest BCUT2D eigenvalue weighted by molar-refractivity contribution is -0.0504. The molecule has 9 nitrogen and oxygen atoms in total. The summed E-state index contributed by atoms with van der Waals surface area (Å²) < 4.78 is 31.5. The number of anilines is 1. The number of alkyl halides is 2. The van der Waals surface area contributed by atoms with Gasteiger partial charge in [0.2, 0.25) is 0 Å². The van der Waals surface area contributed by atoms with Crippen molar-refractivity contribution in [1.29, 1.82) is 0 Å². The number of hydrogen-bond acceptors (Lipinski definition) is 6. The lowest BCUT2D eigenvalue weighted by Gasteiger charge is -2.15. The minimum Gasteiger partial charge on any atom is -0.434 e. The summed E-state index contributed by atoms with van der Waals surface area (Å²) in [6.07, 6.45) is 3.20. The van der Waals surface area contributed by atoms with Crippen molar-refractivity contribution in [3.8, 4) is 5.75 Å². The summed E-state index contributed by atoms with van der Waals surface area (Å²) in [5.41, 5.74) is 2.32. The zero-order valence-corrected chi connectivity index (χ0v) is 19.7. The fourth-order valence-electron chi connectivity index (χ4n) is 2.92. The fraction of sp³-hybridized carbons (Fsp3) is 0.368. The first-order valence-corrected chi connectivity index (χ1v) is 9.33. The molecule has 12 heteroatoms. The number of aliphatic imine (C=N–C) groups is 1. The first kappa shape index (κ1) is 24.5. The van der Waals surface area contributed by atoms with Crippen LogP contribution in [-0.2, 0) is 13.6 Å². The van der Waals surface area contributed by atoms with Crippen LogP contribution >= 0.6 is 24.0 Å². The maximum atomic E-state index is 12.6. The molecule has 0 radical (unpaired) electrons. The van der Waals surface area contributed by atoms with Gasteiger partial charge in [0, 0.05) is 39.3 Å². The van der Waals surface area contributed by atoms with Crippen molar-refractivity contribution < 1.29 is 13.5 Å². The molecule has 0 aliphatic carbocycles. The molecule has 1 aromatic carbocycles. The van der Waals surface area contributed by atoms with E-state index in [1.165, 1.54) is 6.33 Å².